The fraction of sp³-hybridized carbons (Fsp3) is 0.375. The number of amides is 1. The summed E-state index contributed by atoms with van der Waals surface area (Å²) in [4.78, 5) is 14.6. The van der Waals surface area contributed by atoms with Crippen LogP contribution in [0, 0.1) is 0 Å². The van der Waals surface area contributed by atoms with Crippen molar-refractivity contribution in [1.82, 2.24) is 14.7 Å². The Hall–Kier alpha value is -2.09. The van der Waals surface area contributed by atoms with E-state index in [2.05, 4.69) is 5.10 Å². The second-order valence-corrected chi connectivity index (χ2v) is 6.90. The third-order valence-corrected chi connectivity index (χ3v) is 4.93. The number of aromatic nitrogens is 2. The second kappa shape index (κ2) is 6.08. The lowest BCUT2D eigenvalue weighted by molar-refractivity contribution is -0.141. The van der Waals surface area contributed by atoms with Gasteiger partial charge in [0.15, 0.2) is 5.69 Å². The fourth-order valence-corrected chi connectivity index (χ4v) is 3.64. The van der Waals surface area contributed by atoms with Gasteiger partial charge < -0.3 is 4.90 Å². The average Bonchev–Trinajstić information content (AvgIpc) is 3.23. The molecule has 0 saturated heterocycles. The van der Waals surface area contributed by atoms with E-state index in [1.54, 1.807) is 26.2 Å². The highest BCUT2D eigenvalue weighted by Crippen LogP contribution is 2.38. The van der Waals surface area contributed by atoms with E-state index in [0.717, 1.165) is 6.07 Å². The number of carbonyl (C=O) groups is 1. The lowest BCUT2D eigenvalue weighted by Crippen LogP contribution is -2.20. The Morgan fingerprint density at radius 2 is 1.96 bits per heavy atom. The molecular weight excluding hydrogens is 339 g/mol. The zero-order valence-electron chi connectivity index (χ0n) is 13.2. The summed E-state index contributed by atoms with van der Waals surface area (Å²) in [6.45, 7) is 0. The van der Waals surface area contributed by atoms with E-state index in [9.17, 15) is 18.0 Å². The van der Waals surface area contributed by atoms with E-state index >= 15 is 0 Å². The first-order valence-corrected chi connectivity index (χ1v) is 8.22. The zero-order chi connectivity index (χ0) is 17.5. The van der Waals surface area contributed by atoms with Gasteiger partial charge in [-0.25, -0.2) is 0 Å². The molecule has 128 valence electrons. The largest absolute Gasteiger partial charge is 0.435 e. The molecule has 0 atom stereocenters. The van der Waals surface area contributed by atoms with Crippen LogP contribution in [0.15, 0.2) is 30.4 Å². The molecule has 1 aliphatic rings. The molecule has 0 unspecified atom stereocenters. The normalized spacial score (nSPS) is 15.2. The van der Waals surface area contributed by atoms with Gasteiger partial charge in [-0.15, -0.1) is 11.3 Å². The predicted octanol–water partition coefficient (Wildman–Crippen LogP) is 4.22. The number of thiophene rings is 1. The predicted molar refractivity (Wildman–Crippen MR) is 86.0 cm³/mol. The van der Waals surface area contributed by atoms with Gasteiger partial charge in [-0.2, -0.15) is 18.3 Å². The smallest absolute Gasteiger partial charge is 0.344 e. The van der Waals surface area contributed by atoms with Crippen LogP contribution in [0.5, 0.6) is 0 Å². The minimum Gasteiger partial charge on any atom is -0.344 e. The molecule has 0 radical (unpaired) electrons. The van der Waals surface area contributed by atoms with Crippen LogP contribution in [0.3, 0.4) is 0 Å². The molecule has 4 nitrogen and oxygen atoms in total. The lowest BCUT2D eigenvalue weighted by atomic mass is 10.2. The number of alkyl halides is 3. The molecule has 1 amide bonds. The molecular formula is C16H16F3N3OS. The Labute approximate surface area is 141 Å². The number of allylic oxidation sites excluding steroid dienone is 2. The van der Waals surface area contributed by atoms with E-state index in [1.165, 1.54) is 20.9 Å². The summed E-state index contributed by atoms with van der Waals surface area (Å²) in [6, 6.07) is 4.26. The first-order valence-electron chi connectivity index (χ1n) is 7.41. The number of rotatable bonds is 3. The van der Waals surface area contributed by atoms with Gasteiger partial charge in [0.25, 0.3) is 5.91 Å². The van der Waals surface area contributed by atoms with Crippen LogP contribution in [0.4, 0.5) is 13.2 Å². The molecule has 2 heterocycles. The highest BCUT2D eigenvalue weighted by atomic mass is 32.1. The standard InChI is InChI=1S/C16H16F3N3OS/c1-21(2)15(23)13-8-7-12(24-13)11-9-14(16(17,18)19)20-22(11)10-5-3-4-6-10/h3-4,7-10H,5-6H2,1-2H3. The Bertz CT molecular complexity index is 781. The molecule has 24 heavy (non-hydrogen) atoms. The second-order valence-electron chi connectivity index (χ2n) is 5.82. The monoisotopic (exact) mass is 355 g/mol. The van der Waals surface area contributed by atoms with Crippen LogP contribution in [0.2, 0.25) is 0 Å². The molecule has 1 aliphatic carbocycles. The molecule has 0 aromatic carbocycles. The van der Waals surface area contributed by atoms with E-state index in [4.69, 9.17) is 0 Å². The molecule has 0 spiro atoms. The summed E-state index contributed by atoms with van der Waals surface area (Å²) in [5, 5.41) is 3.79. The molecule has 0 saturated carbocycles. The van der Waals surface area contributed by atoms with Crippen LogP contribution in [0.1, 0.15) is 34.2 Å². The first kappa shape index (κ1) is 16.8. The van der Waals surface area contributed by atoms with Gasteiger partial charge in [-0.1, -0.05) is 12.2 Å². The molecule has 2 aromatic heterocycles. The number of hydrogen-bond acceptors (Lipinski definition) is 3. The van der Waals surface area contributed by atoms with Gasteiger partial charge in [0, 0.05) is 14.1 Å². The Balaban J connectivity index is 2.03. The highest BCUT2D eigenvalue weighted by molar-refractivity contribution is 7.17. The molecule has 0 N–H and O–H groups in total. The molecule has 8 heteroatoms. The summed E-state index contributed by atoms with van der Waals surface area (Å²) in [5.41, 5.74) is -0.503. The van der Waals surface area contributed by atoms with Crippen molar-refractivity contribution in [3.05, 3.63) is 40.9 Å². The van der Waals surface area contributed by atoms with Crippen LogP contribution in [-0.4, -0.2) is 34.7 Å². The number of nitrogens with zero attached hydrogens (tertiary/aromatic N) is 3. The van der Waals surface area contributed by atoms with Gasteiger partial charge >= 0.3 is 6.18 Å². The molecule has 0 aliphatic heterocycles. The van der Waals surface area contributed by atoms with Crippen molar-refractivity contribution in [2.75, 3.05) is 14.1 Å². The van der Waals surface area contributed by atoms with Crippen molar-refractivity contribution in [3.63, 3.8) is 0 Å². The van der Waals surface area contributed by atoms with E-state index < -0.39 is 11.9 Å². The van der Waals surface area contributed by atoms with Gasteiger partial charge in [0.1, 0.15) is 0 Å². The first-order chi connectivity index (χ1) is 11.3. The van der Waals surface area contributed by atoms with Crippen molar-refractivity contribution in [2.45, 2.75) is 25.1 Å². The van der Waals surface area contributed by atoms with E-state index in [1.807, 2.05) is 12.2 Å². The van der Waals surface area contributed by atoms with Gasteiger partial charge in [-0.3, -0.25) is 9.48 Å². The maximum atomic E-state index is 13.1. The molecule has 0 bridgehead atoms. The molecule has 2 aromatic rings. The number of halogens is 3. The minimum absolute atomic E-state index is 0.119. The van der Waals surface area contributed by atoms with Crippen LogP contribution < -0.4 is 0 Å². The van der Waals surface area contributed by atoms with Gasteiger partial charge in [0.2, 0.25) is 0 Å². The molecule has 3 rings (SSSR count). The van der Waals surface area contributed by atoms with E-state index in [-0.39, 0.29) is 11.9 Å². The SMILES string of the molecule is CN(C)C(=O)c1ccc(-c2cc(C(F)(F)F)nn2C2CC=CC2)s1. The highest BCUT2D eigenvalue weighted by Gasteiger charge is 2.36. The topological polar surface area (TPSA) is 38.1 Å². The van der Waals surface area contributed by atoms with Crippen molar-refractivity contribution >= 4 is 17.2 Å². The van der Waals surface area contributed by atoms with E-state index in [0.29, 0.717) is 28.3 Å². The molecule has 0 fully saturated rings. The number of carbonyl (C=O) groups excluding carboxylic acids is 1. The summed E-state index contributed by atoms with van der Waals surface area (Å²) in [6.07, 6.45) is 0.699. The van der Waals surface area contributed by atoms with Crippen LogP contribution >= 0.6 is 11.3 Å². The van der Waals surface area contributed by atoms with Gasteiger partial charge in [0.05, 0.1) is 21.5 Å². The van der Waals surface area contributed by atoms with Crippen LogP contribution in [-0.2, 0) is 6.18 Å². The minimum atomic E-state index is -4.49. The lowest BCUT2D eigenvalue weighted by Gasteiger charge is -2.13. The van der Waals surface area contributed by atoms with Crippen molar-refractivity contribution in [2.24, 2.45) is 0 Å². The summed E-state index contributed by atoms with van der Waals surface area (Å²) < 4.78 is 40.7. The summed E-state index contributed by atoms with van der Waals surface area (Å²) >= 11 is 1.18. The summed E-state index contributed by atoms with van der Waals surface area (Å²) in [7, 11) is 3.27. The van der Waals surface area contributed by atoms with Crippen LogP contribution in [0.25, 0.3) is 10.6 Å². The van der Waals surface area contributed by atoms with Gasteiger partial charge in [-0.05, 0) is 31.0 Å². The Kier molecular flexibility index (Phi) is 4.25. The maximum absolute atomic E-state index is 13.1. The average molecular weight is 355 g/mol. The Morgan fingerprint density at radius 3 is 2.54 bits per heavy atom. The fourth-order valence-electron chi connectivity index (χ4n) is 2.61. The third-order valence-electron chi connectivity index (χ3n) is 3.83. The Morgan fingerprint density at radius 1 is 1.29 bits per heavy atom. The third kappa shape index (κ3) is 3.10. The van der Waals surface area contributed by atoms with Crippen molar-refractivity contribution in [3.8, 4) is 10.6 Å². The summed E-state index contributed by atoms with van der Waals surface area (Å²) in [5.74, 6) is -0.170. The quantitative estimate of drug-likeness (QED) is 0.773. The number of hydrogen-bond donors (Lipinski definition) is 0. The van der Waals surface area contributed by atoms with Crippen molar-refractivity contribution in [1.29, 1.82) is 0 Å². The van der Waals surface area contributed by atoms with Crippen molar-refractivity contribution < 1.29 is 18.0 Å². The zero-order valence-corrected chi connectivity index (χ0v) is 14.0. The maximum Gasteiger partial charge on any atom is 0.435 e.